The fourth-order valence-electron chi connectivity index (χ4n) is 1.72. The van der Waals surface area contributed by atoms with Crippen LogP contribution in [0.1, 0.15) is 19.5 Å². The van der Waals surface area contributed by atoms with Crippen molar-refractivity contribution in [2.75, 3.05) is 0 Å². The Morgan fingerprint density at radius 3 is 2.47 bits per heavy atom. The molecule has 0 aliphatic heterocycles. The zero-order chi connectivity index (χ0) is 14.0. The fraction of sp³-hybridized carbons (Fsp3) is 0.333. The lowest BCUT2D eigenvalue weighted by molar-refractivity contribution is 0.581. The van der Waals surface area contributed by atoms with Gasteiger partial charge in [-0.2, -0.15) is 0 Å². The van der Waals surface area contributed by atoms with Crippen LogP contribution in [-0.2, 0) is 23.1 Å². The summed E-state index contributed by atoms with van der Waals surface area (Å²) in [5, 5.41) is 0. The van der Waals surface area contributed by atoms with Crippen LogP contribution in [0.5, 0.6) is 0 Å². The standard InChI is InChI=1S/C12H16N2O2S3/c1-8-3-4-10(17-8)7-14-19(15,16)12-5-11(6-13)18-9(12)2/h3-5,14H,6-7,13H2,1-2H3. The molecule has 2 aromatic heterocycles. The third-order valence-corrected chi connectivity index (χ3v) is 6.38. The normalized spacial score (nSPS) is 11.9. The number of aryl methyl sites for hydroxylation is 2. The predicted molar refractivity (Wildman–Crippen MR) is 80.0 cm³/mol. The molecular formula is C12H16N2O2S3. The van der Waals surface area contributed by atoms with Crippen LogP contribution >= 0.6 is 22.7 Å². The molecule has 0 unspecified atom stereocenters. The summed E-state index contributed by atoms with van der Waals surface area (Å²) in [6.45, 7) is 4.49. The summed E-state index contributed by atoms with van der Waals surface area (Å²) >= 11 is 3.02. The Morgan fingerprint density at radius 1 is 1.21 bits per heavy atom. The van der Waals surface area contributed by atoms with Crippen LogP contribution in [-0.4, -0.2) is 8.42 Å². The van der Waals surface area contributed by atoms with Gasteiger partial charge in [0.2, 0.25) is 10.0 Å². The molecule has 0 atom stereocenters. The fourth-order valence-corrected chi connectivity index (χ4v) is 5.16. The predicted octanol–water partition coefficient (Wildman–Crippen LogP) is 2.36. The number of sulfonamides is 1. The van der Waals surface area contributed by atoms with Crippen LogP contribution in [0.15, 0.2) is 23.1 Å². The van der Waals surface area contributed by atoms with Gasteiger partial charge in [-0.1, -0.05) is 0 Å². The molecule has 7 heteroatoms. The molecular weight excluding hydrogens is 300 g/mol. The molecule has 2 aromatic rings. The smallest absolute Gasteiger partial charge is 0.242 e. The van der Waals surface area contributed by atoms with E-state index >= 15 is 0 Å². The van der Waals surface area contributed by atoms with Crippen molar-refractivity contribution in [1.29, 1.82) is 0 Å². The maximum absolute atomic E-state index is 12.2. The lowest BCUT2D eigenvalue weighted by Gasteiger charge is -2.04. The summed E-state index contributed by atoms with van der Waals surface area (Å²) in [5.41, 5.74) is 5.54. The molecule has 0 aliphatic carbocycles. The highest BCUT2D eigenvalue weighted by Crippen LogP contribution is 2.25. The average molecular weight is 316 g/mol. The molecule has 2 heterocycles. The van der Waals surface area contributed by atoms with Crippen LogP contribution in [0, 0.1) is 13.8 Å². The first-order chi connectivity index (χ1) is 8.92. The molecule has 3 N–H and O–H groups in total. The highest BCUT2D eigenvalue weighted by molar-refractivity contribution is 7.89. The third-order valence-electron chi connectivity index (χ3n) is 2.65. The number of hydrogen-bond donors (Lipinski definition) is 2. The van der Waals surface area contributed by atoms with Gasteiger partial charge in [0.1, 0.15) is 0 Å². The van der Waals surface area contributed by atoms with Gasteiger partial charge in [0.05, 0.1) is 4.90 Å². The molecule has 0 aromatic carbocycles. The van der Waals surface area contributed by atoms with Crippen molar-refractivity contribution in [1.82, 2.24) is 4.72 Å². The van der Waals surface area contributed by atoms with Crippen LogP contribution < -0.4 is 10.5 Å². The topological polar surface area (TPSA) is 72.2 Å². The zero-order valence-electron chi connectivity index (χ0n) is 10.8. The third kappa shape index (κ3) is 3.43. The van der Waals surface area contributed by atoms with E-state index in [1.807, 2.05) is 19.1 Å². The lowest BCUT2D eigenvalue weighted by Crippen LogP contribution is -2.22. The molecule has 2 rings (SSSR count). The van der Waals surface area contributed by atoms with Crippen LogP contribution in [0.2, 0.25) is 0 Å². The first-order valence-electron chi connectivity index (χ1n) is 5.77. The maximum Gasteiger partial charge on any atom is 0.242 e. The van der Waals surface area contributed by atoms with E-state index < -0.39 is 10.0 Å². The first-order valence-corrected chi connectivity index (χ1v) is 8.88. The molecule has 0 saturated heterocycles. The number of hydrogen-bond acceptors (Lipinski definition) is 5. The summed E-state index contributed by atoms with van der Waals surface area (Å²) in [4.78, 5) is 4.17. The maximum atomic E-state index is 12.2. The van der Waals surface area contributed by atoms with Gasteiger partial charge >= 0.3 is 0 Å². The zero-order valence-corrected chi connectivity index (χ0v) is 13.2. The van der Waals surface area contributed by atoms with E-state index in [1.54, 1.807) is 24.3 Å². The van der Waals surface area contributed by atoms with Crippen molar-refractivity contribution in [2.45, 2.75) is 31.8 Å². The van der Waals surface area contributed by atoms with Gasteiger partial charge in [-0.05, 0) is 32.0 Å². The molecule has 0 spiro atoms. The van der Waals surface area contributed by atoms with E-state index in [1.165, 1.54) is 16.2 Å². The van der Waals surface area contributed by atoms with Gasteiger partial charge < -0.3 is 5.73 Å². The minimum absolute atomic E-state index is 0.327. The van der Waals surface area contributed by atoms with E-state index in [0.717, 1.165) is 14.6 Å². The SMILES string of the molecule is Cc1ccc(CNS(=O)(=O)c2cc(CN)sc2C)s1. The number of thiophene rings is 2. The monoisotopic (exact) mass is 316 g/mol. The van der Waals surface area contributed by atoms with E-state index in [0.29, 0.717) is 18.0 Å². The Kier molecular flexibility index (Phi) is 4.42. The van der Waals surface area contributed by atoms with Crippen LogP contribution in [0.25, 0.3) is 0 Å². The summed E-state index contributed by atoms with van der Waals surface area (Å²) in [7, 11) is -3.46. The minimum Gasteiger partial charge on any atom is -0.326 e. The molecule has 0 aliphatic rings. The van der Waals surface area contributed by atoms with Gasteiger partial charge in [-0.15, -0.1) is 22.7 Å². The highest BCUT2D eigenvalue weighted by Gasteiger charge is 2.19. The van der Waals surface area contributed by atoms with Gasteiger partial charge in [0.25, 0.3) is 0 Å². The highest BCUT2D eigenvalue weighted by atomic mass is 32.2. The van der Waals surface area contributed by atoms with E-state index in [-0.39, 0.29) is 0 Å². The lowest BCUT2D eigenvalue weighted by atomic mass is 10.4. The Labute approximate surface area is 121 Å². The molecule has 104 valence electrons. The largest absolute Gasteiger partial charge is 0.326 e. The molecule has 4 nitrogen and oxygen atoms in total. The number of rotatable bonds is 5. The summed E-state index contributed by atoms with van der Waals surface area (Å²) in [5.74, 6) is 0. The van der Waals surface area contributed by atoms with Crippen molar-refractivity contribution >= 4 is 32.7 Å². The van der Waals surface area contributed by atoms with E-state index in [9.17, 15) is 8.42 Å². The summed E-state index contributed by atoms with van der Waals surface area (Å²) in [6, 6.07) is 5.58. The van der Waals surface area contributed by atoms with E-state index in [2.05, 4.69) is 4.72 Å². The quantitative estimate of drug-likeness (QED) is 0.889. The second-order valence-electron chi connectivity index (χ2n) is 4.17. The second-order valence-corrected chi connectivity index (χ2v) is 8.62. The van der Waals surface area contributed by atoms with Crippen LogP contribution in [0.3, 0.4) is 0 Å². The Hall–Kier alpha value is -0.730. The Balaban J connectivity index is 2.15. The van der Waals surface area contributed by atoms with Crippen molar-refractivity contribution in [3.8, 4) is 0 Å². The van der Waals surface area contributed by atoms with Gasteiger partial charge in [-0.25, -0.2) is 13.1 Å². The van der Waals surface area contributed by atoms with Crippen molar-refractivity contribution in [2.24, 2.45) is 5.73 Å². The molecule has 0 amide bonds. The summed E-state index contributed by atoms with van der Waals surface area (Å²) < 4.78 is 27.1. The van der Waals surface area contributed by atoms with Crippen LogP contribution in [0.4, 0.5) is 0 Å². The van der Waals surface area contributed by atoms with Crippen molar-refractivity contribution < 1.29 is 8.42 Å². The number of nitrogens with two attached hydrogens (primary N) is 1. The average Bonchev–Trinajstić information content (AvgIpc) is 2.93. The van der Waals surface area contributed by atoms with Crippen molar-refractivity contribution in [3.05, 3.63) is 37.7 Å². The summed E-state index contributed by atoms with van der Waals surface area (Å²) in [6.07, 6.45) is 0. The molecule has 0 saturated carbocycles. The van der Waals surface area contributed by atoms with Crippen molar-refractivity contribution in [3.63, 3.8) is 0 Å². The molecule has 0 fully saturated rings. The van der Waals surface area contributed by atoms with Gasteiger partial charge in [0, 0.05) is 32.6 Å². The molecule has 19 heavy (non-hydrogen) atoms. The minimum atomic E-state index is -3.46. The Bertz CT molecular complexity index is 671. The van der Waals surface area contributed by atoms with Gasteiger partial charge in [-0.3, -0.25) is 0 Å². The first kappa shape index (κ1) is 14.7. The van der Waals surface area contributed by atoms with Gasteiger partial charge in [0.15, 0.2) is 0 Å². The molecule has 0 bridgehead atoms. The molecule has 0 radical (unpaired) electrons. The number of nitrogens with one attached hydrogen (secondary N) is 1. The van der Waals surface area contributed by atoms with E-state index in [4.69, 9.17) is 5.73 Å². The second kappa shape index (κ2) is 5.72. The Morgan fingerprint density at radius 2 is 1.95 bits per heavy atom.